The summed E-state index contributed by atoms with van der Waals surface area (Å²) in [6, 6.07) is 16.2. The Balaban J connectivity index is 2.19. The summed E-state index contributed by atoms with van der Waals surface area (Å²) in [6.07, 6.45) is 0.797. The molecule has 2 aromatic carbocycles. The molecule has 2 amide bonds. The first-order chi connectivity index (χ1) is 14.2. The number of nitrogens with zero attached hydrogens (tertiary/aromatic N) is 3. The molecule has 3 aromatic rings. The molecule has 3 rings (SSSR count). The van der Waals surface area contributed by atoms with Crippen molar-refractivity contribution in [2.75, 3.05) is 6.54 Å². The van der Waals surface area contributed by atoms with Crippen molar-refractivity contribution in [3.05, 3.63) is 70.8 Å². The number of carbonyl (C=O) groups is 1. The highest BCUT2D eigenvalue weighted by molar-refractivity contribution is 5.78. The Bertz CT molecular complexity index is 1080. The van der Waals surface area contributed by atoms with Gasteiger partial charge in [0.15, 0.2) is 0 Å². The summed E-state index contributed by atoms with van der Waals surface area (Å²) in [6.45, 7) is 10.4. The van der Waals surface area contributed by atoms with Gasteiger partial charge in [0.05, 0.1) is 22.6 Å². The van der Waals surface area contributed by atoms with Crippen LogP contribution in [0.2, 0.25) is 0 Å². The highest BCUT2D eigenvalue weighted by Crippen LogP contribution is 2.23. The number of amides is 2. The number of urea groups is 1. The van der Waals surface area contributed by atoms with Gasteiger partial charge in [-0.15, -0.1) is 0 Å². The molecule has 0 fully saturated rings. The van der Waals surface area contributed by atoms with E-state index in [0.717, 1.165) is 12.1 Å². The molecule has 0 bridgehead atoms. The number of carbonyl (C=O) groups excluding carboxylic acids is 1. The predicted octanol–water partition coefficient (Wildman–Crippen LogP) is 4.67. The maximum absolute atomic E-state index is 13.4. The van der Waals surface area contributed by atoms with E-state index >= 15 is 0 Å². The smallest absolute Gasteiger partial charge is 0.318 e. The van der Waals surface area contributed by atoms with Crippen LogP contribution in [-0.4, -0.2) is 32.6 Å². The van der Waals surface area contributed by atoms with Crippen LogP contribution in [0.5, 0.6) is 0 Å². The first kappa shape index (κ1) is 21.6. The van der Waals surface area contributed by atoms with Gasteiger partial charge in [-0.2, -0.15) is 0 Å². The van der Waals surface area contributed by atoms with Crippen molar-refractivity contribution in [2.45, 2.75) is 52.6 Å². The van der Waals surface area contributed by atoms with E-state index in [0.29, 0.717) is 23.3 Å². The summed E-state index contributed by atoms with van der Waals surface area (Å²) >= 11 is 0. The first-order valence-electron chi connectivity index (χ1n) is 10.4. The lowest BCUT2D eigenvalue weighted by molar-refractivity contribution is 0.167. The van der Waals surface area contributed by atoms with Crippen LogP contribution in [0.25, 0.3) is 16.6 Å². The van der Waals surface area contributed by atoms with Gasteiger partial charge in [-0.05, 0) is 58.4 Å². The van der Waals surface area contributed by atoms with E-state index < -0.39 is 6.04 Å². The standard InChI is InChI=1S/C24H30N4O2/c1-6-16-27(23(30)26-24(3,4)5)17(2)21-25-20-15-11-10-14-19(20)22(29)28(21)18-12-8-7-9-13-18/h7-15,17H,6,16H2,1-5H3,(H,26,30). The maximum atomic E-state index is 13.4. The van der Waals surface area contributed by atoms with Crippen molar-refractivity contribution in [1.29, 1.82) is 0 Å². The number of para-hydroxylation sites is 2. The van der Waals surface area contributed by atoms with Crippen LogP contribution in [0.4, 0.5) is 4.79 Å². The Hall–Kier alpha value is -3.15. The lowest BCUT2D eigenvalue weighted by atomic mass is 10.1. The van der Waals surface area contributed by atoms with Crippen molar-refractivity contribution in [3.63, 3.8) is 0 Å². The van der Waals surface area contributed by atoms with E-state index in [9.17, 15) is 9.59 Å². The highest BCUT2D eigenvalue weighted by Gasteiger charge is 2.28. The Labute approximate surface area is 177 Å². The third-order valence-corrected chi connectivity index (χ3v) is 4.86. The van der Waals surface area contributed by atoms with E-state index in [1.54, 1.807) is 15.5 Å². The monoisotopic (exact) mass is 406 g/mol. The molecule has 0 aliphatic rings. The van der Waals surface area contributed by atoms with Gasteiger partial charge in [-0.3, -0.25) is 9.36 Å². The zero-order valence-electron chi connectivity index (χ0n) is 18.3. The fraction of sp³-hybridized carbons (Fsp3) is 0.375. The van der Waals surface area contributed by atoms with Crippen LogP contribution in [-0.2, 0) is 0 Å². The minimum atomic E-state index is -0.398. The molecular weight excluding hydrogens is 376 g/mol. The Morgan fingerprint density at radius 1 is 1.10 bits per heavy atom. The zero-order chi connectivity index (χ0) is 21.9. The number of hydrogen-bond acceptors (Lipinski definition) is 3. The number of hydrogen-bond donors (Lipinski definition) is 1. The minimum Gasteiger partial charge on any atom is -0.333 e. The molecule has 0 saturated heterocycles. The molecule has 1 heterocycles. The van der Waals surface area contributed by atoms with E-state index in [4.69, 9.17) is 4.98 Å². The quantitative estimate of drug-likeness (QED) is 0.670. The average Bonchev–Trinajstić information content (AvgIpc) is 2.70. The number of aromatic nitrogens is 2. The second-order valence-corrected chi connectivity index (χ2v) is 8.51. The lowest BCUT2D eigenvalue weighted by Gasteiger charge is -2.33. The zero-order valence-corrected chi connectivity index (χ0v) is 18.3. The van der Waals surface area contributed by atoms with Crippen LogP contribution in [0.15, 0.2) is 59.4 Å². The van der Waals surface area contributed by atoms with Gasteiger partial charge >= 0.3 is 6.03 Å². The third kappa shape index (κ3) is 4.53. The van der Waals surface area contributed by atoms with E-state index in [-0.39, 0.29) is 17.1 Å². The first-order valence-corrected chi connectivity index (χ1v) is 10.4. The van der Waals surface area contributed by atoms with Crippen LogP contribution in [0.1, 0.15) is 52.9 Å². The van der Waals surface area contributed by atoms with Gasteiger partial charge in [-0.1, -0.05) is 37.3 Å². The molecule has 0 aliphatic carbocycles. The number of rotatable bonds is 5. The second kappa shape index (κ2) is 8.69. The molecule has 0 spiro atoms. The fourth-order valence-electron chi connectivity index (χ4n) is 3.50. The summed E-state index contributed by atoms with van der Waals surface area (Å²) < 4.78 is 1.63. The maximum Gasteiger partial charge on any atom is 0.318 e. The minimum absolute atomic E-state index is 0.138. The van der Waals surface area contributed by atoms with Gasteiger partial charge in [0.25, 0.3) is 5.56 Å². The van der Waals surface area contributed by atoms with Crippen LogP contribution in [0.3, 0.4) is 0 Å². The largest absolute Gasteiger partial charge is 0.333 e. The van der Waals surface area contributed by atoms with Crippen molar-refractivity contribution in [2.24, 2.45) is 0 Å². The number of benzene rings is 2. The molecular formula is C24H30N4O2. The van der Waals surface area contributed by atoms with Gasteiger partial charge in [0, 0.05) is 12.1 Å². The molecule has 1 unspecified atom stereocenters. The summed E-state index contributed by atoms with van der Waals surface area (Å²) in [7, 11) is 0. The third-order valence-electron chi connectivity index (χ3n) is 4.86. The van der Waals surface area contributed by atoms with Crippen LogP contribution in [0, 0.1) is 0 Å². The van der Waals surface area contributed by atoms with Crippen LogP contribution >= 0.6 is 0 Å². The Morgan fingerprint density at radius 2 is 1.73 bits per heavy atom. The number of nitrogens with one attached hydrogen (secondary N) is 1. The molecule has 30 heavy (non-hydrogen) atoms. The predicted molar refractivity (Wildman–Crippen MR) is 121 cm³/mol. The van der Waals surface area contributed by atoms with Gasteiger partial charge < -0.3 is 10.2 Å². The van der Waals surface area contributed by atoms with Crippen molar-refractivity contribution in [1.82, 2.24) is 19.8 Å². The van der Waals surface area contributed by atoms with Gasteiger partial charge in [0.2, 0.25) is 0 Å². The Morgan fingerprint density at radius 3 is 2.37 bits per heavy atom. The molecule has 1 aromatic heterocycles. The molecule has 0 radical (unpaired) electrons. The van der Waals surface area contributed by atoms with Crippen molar-refractivity contribution >= 4 is 16.9 Å². The normalized spacial score (nSPS) is 12.6. The summed E-state index contributed by atoms with van der Waals surface area (Å²) in [5.41, 5.74) is 0.861. The SMILES string of the molecule is CCCN(C(=O)NC(C)(C)C)C(C)c1nc2ccccc2c(=O)n1-c1ccccc1. The fourth-order valence-corrected chi connectivity index (χ4v) is 3.50. The van der Waals surface area contributed by atoms with E-state index in [2.05, 4.69) is 5.32 Å². The summed E-state index contributed by atoms with van der Waals surface area (Å²) in [5.74, 6) is 0.544. The van der Waals surface area contributed by atoms with Gasteiger partial charge in [0.1, 0.15) is 5.82 Å². The summed E-state index contributed by atoms with van der Waals surface area (Å²) in [4.78, 5) is 33.1. The van der Waals surface area contributed by atoms with Crippen molar-refractivity contribution in [3.8, 4) is 5.69 Å². The molecule has 1 atom stereocenters. The molecule has 6 heteroatoms. The average molecular weight is 407 g/mol. The Kier molecular flexibility index (Phi) is 6.25. The molecule has 1 N–H and O–H groups in total. The molecule has 158 valence electrons. The molecule has 0 saturated carbocycles. The summed E-state index contributed by atoms with van der Waals surface area (Å²) in [5, 5.41) is 3.59. The lowest BCUT2D eigenvalue weighted by Crippen LogP contribution is -2.50. The van der Waals surface area contributed by atoms with Crippen LogP contribution < -0.4 is 10.9 Å². The van der Waals surface area contributed by atoms with Crippen molar-refractivity contribution < 1.29 is 4.79 Å². The van der Waals surface area contributed by atoms with E-state index in [1.165, 1.54) is 0 Å². The second-order valence-electron chi connectivity index (χ2n) is 8.51. The van der Waals surface area contributed by atoms with Gasteiger partial charge in [-0.25, -0.2) is 9.78 Å². The molecule has 6 nitrogen and oxygen atoms in total. The molecule has 0 aliphatic heterocycles. The number of fused-ring (bicyclic) bond motifs is 1. The topological polar surface area (TPSA) is 67.2 Å². The highest BCUT2D eigenvalue weighted by atomic mass is 16.2. The van der Waals surface area contributed by atoms with E-state index in [1.807, 2.05) is 83.1 Å².